The lowest BCUT2D eigenvalue weighted by Gasteiger charge is -2.44. The van der Waals surface area contributed by atoms with Crippen LogP contribution in [0.4, 0.5) is 0 Å². The standard InChI is InChI=1S/C21H32O5/c1-5-18-15(2)16(3)20(25-14-17-10-7-6-8-11-17)21(26-18)24-13-9-12-19(22)23-4/h6-8,10-11,15-16,18,20-21H,5,9,12-14H2,1-4H3/t15-,16+,18?,20?,21-/m1/s1. The number of hydrogen-bond acceptors (Lipinski definition) is 5. The second-order valence-corrected chi connectivity index (χ2v) is 6.98. The summed E-state index contributed by atoms with van der Waals surface area (Å²) >= 11 is 0. The van der Waals surface area contributed by atoms with Gasteiger partial charge < -0.3 is 18.9 Å². The molecule has 0 saturated carbocycles. The van der Waals surface area contributed by atoms with Crippen LogP contribution in [0.3, 0.4) is 0 Å². The first-order valence-electron chi connectivity index (χ1n) is 9.56. The number of hydrogen-bond donors (Lipinski definition) is 0. The summed E-state index contributed by atoms with van der Waals surface area (Å²) in [5.41, 5.74) is 1.13. The third-order valence-electron chi connectivity index (χ3n) is 5.23. The number of ether oxygens (including phenoxy) is 4. The number of benzene rings is 1. The van der Waals surface area contributed by atoms with Crippen LogP contribution in [0.2, 0.25) is 0 Å². The number of esters is 1. The van der Waals surface area contributed by atoms with Crippen molar-refractivity contribution in [3.63, 3.8) is 0 Å². The van der Waals surface area contributed by atoms with Gasteiger partial charge in [-0.05, 0) is 30.2 Å². The molecule has 5 atom stereocenters. The molecule has 5 nitrogen and oxygen atoms in total. The highest BCUT2D eigenvalue weighted by atomic mass is 16.7. The van der Waals surface area contributed by atoms with Crippen LogP contribution in [0.15, 0.2) is 30.3 Å². The molecule has 26 heavy (non-hydrogen) atoms. The maximum absolute atomic E-state index is 11.2. The fourth-order valence-corrected chi connectivity index (χ4v) is 3.38. The molecule has 146 valence electrons. The van der Waals surface area contributed by atoms with Gasteiger partial charge in [-0.1, -0.05) is 51.1 Å². The molecule has 5 heteroatoms. The second kappa shape index (κ2) is 10.7. The first-order chi connectivity index (χ1) is 12.6. The van der Waals surface area contributed by atoms with Crippen molar-refractivity contribution in [1.29, 1.82) is 0 Å². The van der Waals surface area contributed by atoms with Crippen molar-refractivity contribution < 1.29 is 23.7 Å². The third-order valence-corrected chi connectivity index (χ3v) is 5.23. The molecular weight excluding hydrogens is 332 g/mol. The fourth-order valence-electron chi connectivity index (χ4n) is 3.38. The molecule has 0 amide bonds. The zero-order chi connectivity index (χ0) is 18.9. The predicted octanol–water partition coefficient (Wildman–Crippen LogP) is 3.95. The van der Waals surface area contributed by atoms with Gasteiger partial charge in [-0.25, -0.2) is 0 Å². The monoisotopic (exact) mass is 364 g/mol. The van der Waals surface area contributed by atoms with Crippen LogP contribution in [0.5, 0.6) is 0 Å². The summed E-state index contributed by atoms with van der Waals surface area (Å²) in [6, 6.07) is 10.1. The van der Waals surface area contributed by atoms with E-state index in [-0.39, 0.29) is 18.2 Å². The average Bonchev–Trinajstić information content (AvgIpc) is 2.67. The van der Waals surface area contributed by atoms with Crippen LogP contribution in [0.25, 0.3) is 0 Å². The molecule has 1 fully saturated rings. The summed E-state index contributed by atoms with van der Waals surface area (Å²) in [6.07, 6.45) is 1.52. The van der Waals surface area contributed by atoms with Crippen LogP contribution >= 0.6 is 0 Å². The summed E-state index contributed by atoms with van der Waals surface area (Å²) in [6.45, 7) is 7.53. The van der Waals surface area contributed by atoms with Crippen molar-refractivity contribution in [2.75, 3.05) is 13.7 Å². The summed E-state index contributed by atoms with van der Waals surface area (Å²) in [5, 5.41) is 0. The highest BCUT2D eigenvalue weighted by Crippen LogP contribution is 2.35. The molecule has 1 saturated heterocycles. The van der Waals surface area contributed by atoms with E-state index in [0.717, 1.165) is 12.0 Å². The van der Waals surface area contributed by atoms with E-state index in [4.69, 9.17) is 14.2 Å². The summed E-state index contributed by atoms with van der Waals surface area (Å²) in [7, 11) is 1.40. The van der Waals surface area contributed by atoms with Crippen molar-refractivity contribution in [2.45, 2.75) is 65.1 Å². The molecule has 0 aliphatic carbocycles. The molecule has 1 aliphatic heterocycles. The minimum absolute atomic E-state index is 0.133. The van der Waals surface area contributed by atoms with Crippen molar-refractivity contribution in [1.82, 2.24) is 0 Å². The maximum atomic E-state index is 11.2. The van der Waals surface area contributed by atoms with Crippen LogP contribution in [0, 0.1) is 11.8 Å². The van der Waals surface area contributed by atoms with Gasteiger partial charge in [0.2, 0.25) is 0 Å². The Bertz CT molecular complexity index is 532. The highest BCUT2D eigenvalue weighted by molar-refractivity contribution is 5.68. The van der Waals surface area contributed by atoms with Crippen LogP contribution in [0.1, 0.15) is 45.6 Å². The van der Waals surface area contributed by atoms with E-state index in [1.54, 1.807) is 0 Å². The van der Waals surface area contributed by atoms with Crippen molar-refractivity contribution in [3.05, 3.63) is 35.9 Å². The minimum atomic E-state index is -0.410. The van der Waals surface area contributed by atoms with E-state index in [9.17, 15) is 4.79 Å². The SMILES string of the molecule is CCC1O[C@@H](OCCCC(=O)OC)C(OCc2ccccc2)[C@@H](C)[C@H]1C. The Hall–Kier alpha value is -1.43. The van der Waals surface area contributed by atoms with Gasteiger partial charge >= 0.3 is 5.97 Å². The van der Waals surface area contributed by atoms with E-state index in [0.29, 0.717) is 37.9 Å². The van der Waals surface area contributed by atoms with Gasteiger partial charge in [0.15, 0.2) is 6.29 Å². The molecule has 1 heterocycles. The lowest BCUT2D eigenvalue weighted by atomic mass is 9.82. The maximum Gasteiger partial charge on any atom is 0.305 e. The van der Waals surface area contributed by atoms with Crippen LogP contribution < -0.4 is 0 Å². The Balaban J connectivity index is 1.95. The quantitative estimate of drug-likeness (QED) is 0.490. The Labute approximate surface area is 157 Å². The number of methoxy groups -OCH3 is 1. The summed E-state index contributed by atoms with van der Waals surface area (Å²) in [4.78, 5) is 11.2. The van der Waals surface area contributed by atoms with Gasteiger partial charge in [-0.15, -0.1) is 0 Å². The second-order valence-electron chi connectivity index (χ2n) is 6.98. The van der Waals surface area contributed by atoms with Gasteiger partial charge in [0.05, 0.1) is 26.4 Å². The van der Waals surface area contributed by atoms with E-state index in [1.165, 1.54) is 7.11 Å². The van der Waals surface area contributed by atoms with E-state index < -0.39 is 6.29 Å². The molecule has 1 aromatic carbocycles. The number of carbonyl (C=O) groups excluding carboxylic acids is 1. The van der Waals surface area contributed by atoms with Crippen molar-refractivity contribution in [3.8, 4) is 0 Å². The van der Waals surface area contributed by atoms with Gasteiger partial charge in [0, 0.05) is 6.42 Å². The van der Waals surface area contributed by atoms with E-state index in [1.807, 2.05) is 18.2 Å². The van der Waals surface area contributed by atoms with E-state index >= 15 is 0 Å². The highest BCUT2D eigenvalue weighted by Gasteiger charge is 2.42. The Morgan fingerprint density at radius 2 is 1.85 bits per heavy atom. The summed E-state index contributed by atoms with van der Waals surface area (Å²) < 4.78 is 23.0. The first kappa shape index (κ1) is 20.9. The molecule has 1 aromatic rings. The molecule has 1 aliphatic rings. The topological polar surface area (TPSA) is 54.0 Å². The zero-order valence-corrected chi connectivity index (χ0v) is 16.4. The van der Waals surface area contributed by atoms with Gasteiger partial charge in [-0.3, -0.25) is 4.79 Å². The summed E-state index contributed by atoms with van der Waals surface area (Å²) in [5.74, 6) is 0.502. The molecule has 2 rings (SSSR count). The lowest BCUT2D eigenvalue weighted by molar-refractivity contribution is -0.283. The van der Waals surface area contributed by atoms with Crippen molar-refractivity contribution >= 4 is 5.97 Å². The molecule has 0 spiro atoms. The molecule has 2 unspecified atom stereocenters. The van der Waals surface area contributed by atoms with Gasteiger partial charge in [0.1, 0.15) is 6.10 Å². The van der Waals surface area contributed by atoms with E-state index in [2.05, 4.69) is 37.6 Å². The Kier molecular flexibility index (Phi) is 8.55. The average molecular weight is 364 g/mol. The van der Waals surface area contributed by atoms with Gasteiger partial charge in [-0.2, -0.15) is 0 Å². The number of carbonyl (C=O) groups is 1. The fraction of sp³-hybridized carbons (Fsp3) is 0.667. The van der Waals surface area contributed by atoms with Crippen LogP contribution in [-0.2, 0) is 30.3 Å². The normalized spacial score (nSPS) is 28.7. The van der Waals surface area contributed by atoms with Crippen molar-refractivity contribution in [2.24, 2.45) is 11.8 Å². The predicted molar refractivity (Wildman–Crippen MR) is 99.5 cm³/mol. The molecular formula is C21H32O5. The smallest absolute Gasteiger partial charge is 0.305 e. The first-order valence-corrected chi connectivity index (χ1v) is 9.56. The third kappa shape index (κ3) is 5.79. The molecule has 0 bridgehead atoms. The minimum Gasteiger partial charge on any atom is -0.469 e. The number of rotatable bonds is 9. The lowest BCUT2D eigenvalue weighted by Crippen LogP contribution is -2.51. The zero-order valence-electron chi connectivity index (χ0n) is 16.4. The largest absolute Gasteiger partial charge is 0.469 e. The Morgan fingerprint density at radius 3 is 2.50 bits per heavy atom. The molecule has 0 aromatic heterocycles. The van der Waals surface area contributed by atoms with Crippen LogP contribution in [-0.4, -0.2) is 38.2 Å². The Morgan fingerprint density at radius 1 is 1.12 bits per heavy atom. The van der Waals surface area contributed by atoms with Gasteiger partial charge in [0.25, 0.3) is 0 Å². The molecule has 0 N–H and O–H groups in total. The molecule has 0 radical (unpaired) electrons.